The van der Waals surface area contributed by atoms with Crippen molar-refractivity contribution in [3.05, 3.63) is 0 Å². The lowest BCUT2D eigenvalue weighted by Gasteiger charge is -2.38. The molecule has 0 saturated heterocycles. The maximum absolute atomic E-state index is 10.7. The predicted octanol–water partition coefficient (Wildman–Crippen LogP) is 3.07. The fourth-order valence-electron chi connectivity index (χ4n) is 2.70. The number of carboxylic acid groups (broad SMARTS) is 1. The molecule has 1 aliphatic carbocycles. The lowest BCUT2D eigenvalue weighted by molar-refractivity contribution is -0.140. The third-order valence-corrected chi connectivity index (χ3v) is 3.46. The molecule has 0 radical (unpaired) electrons. The van der Waals surface area contributed by atoms with Gasteiger partial charge in [0, 0.05) is 0 Å². The van der Waals surface area contributed by atoms with E-state index in [1.807, 2.05) is 0 Å². The van der Waals surface area contributed by atoms with Gasteiger partial charge >= 0.3 is 5.97 Å². The monoisotopic (exact) mass is 184 g/mol. The van der Waals surface area contributed by atoms with Crippen molar-refractivity contribution in [3.8, 4) is 0 Å². The SMILES string of the molecule is CC[C@@]1(CC(=O)O)CCC[C@@H](C)C1. The van der Waals surface area contributed by atoms with Crippen LogP contribution in [0.15, 0.2) is 0 Å². The summed E-state index contributed by atoms with van der Waals surface area (Å²) in [6, 6.07) is 0. The highest BCUT2D eigenvalue weighted by atomic mass is 16.4. The van der Waals surface area contributed by atoms with E-state index in [1.54, 1.807) is 0 Å². The third-order valence-electron chi connectivity index (χ3n) is 3.46. The minimum Gasteiger partial charge on any atom is -0.481 e. The van der Waals surface area contributed by atoms with Gasteiger partial charge < -0.3 is 5.11 Å². The maximum Gasteiger partial charge on any atom is 0.303 e. The first-order valence-electron chi connectivity index (χ1n) is 5.30. The first-order chi connectivity index (χ1) is 6.08. The van der Waals surface area contributed by atoms with Crippen LogP contribution in [0.25, 0.3) is 0 Å². The standard InChI is InChI=1S/C11H20O2/c1-3-11(8-10(12)13)6-4-5-9(2)7-11/h9H,3-8H2,1-2H3,(H,12,13)/t9-,11-/m1/s1. The first kappa shape index (κ1) is 10.6. The summed E-state index contributed by atoms with van der Waals surface area (Å²) in [5, 5.41) is 8.85. The van der Waals surface area contributed by atoms with Crippen molar-refractivity contribution in [2.45, 2.75) is 52.4 Å². The highest BCUT2D eigenvalue weighted by molar-refractivity contribution is 5.67. The zero-order chi connectivity index (χ0) is 9.90. The lowest BCUT2D eigenvalue weighted by Crippen LogP contribution is -2.29. The number of rotatable bonds is 3. The molecule has 0 amide bonds. The molecule has 0 spiro atoms. The minimum absolute atomic E-state index is 0.115. The van der Waals surface area contributed by atoms with Crippen LogP contribution < -0.4 is 0 Å². The Kier molecular flexibility index (Phi) is 3.34. The summed E-state index contributed by atoms with van der Waals surface area (Å²) < 4.78 is 0. The van der Waals surface area contributed by atoms with Crippen LogP contribution in [-0.4, -0.2) is 11.1 Å². The molecule has 1 N–H and O–H groups in total. The predicted molar refractivity (Wildman–Crippen MR) is 52.6 cm³/mol. The average Bonchev–Trinajstić information content (AvgIpc) is 2.03. The molecule has 1 fully saturated rings. The van der Waals surface area contributed by atoms with Crippen molar-refractivity contribution < 1.29 is 9.90 Å². The molecule has 0 heterocycles. The topological polar surface area (TPSA) is 37.3 Å². The summed E-state index contributed by atoms with van der Waals surface area (Å²) in [5.74, 6) is 0.0870. The molecule has 1 aliphatic rings. The van der Waals surface area contributed by atoms with Gasteiger partial charge in [-0.3, -0.25) is 4.79 Å². The van der Waals surface area contributed by atoms with Crippen LogP contribution in [0.2, 0.25) is 0 Å². The van der Waals surface area contributed by atoms with E-state index in [0.717, 1.165) is 19.3 Å². The third kappa shape index (κ3) is 2.71. The van der Waals surface area contributed by atoms with Crippen LogP contribution in [0.5, 0.6) is 0 Å². The van der Waals surface area contributed by atoms with Crippen molar-refractivity contribution >= 4 is 5.97 Å². The van der Waals surface area contributed by atoms with Crippen LogP contribution in [-0.2, 0) is 4.79 Å². The molecule has 0 aromatic carbocycles. The lowest BCUT2D eigenvalue weighted by atomic mass is 9.67. The minimum atomic E-state index is -0.629. The van der Waals surface area contributed by atoms with E-state index < -0.39 is 5.97 Å². The van der Waals surface area contributed by atoms with Gasteiger partial charge in [0.2, 0.25) is 0 Å². The van der Waals surface area contributed by atoms with Gasteiger partial charge in [0.05, 0.1) is 6.42 Å². The normalized spacial score (nSPS) is 34.5. The van der Waals surface area contributed by atoms with Crippen molar-refractivity contribution in [2.24, 2.45) is 11.3 Å². The van der Waals surface area contributed by atoms with Gasteiger partial charge in [0.15, 0.2) is 0 Å². The van der Waals surface area contributed by atoms with Gasteiger partial charge in [-0.05, 0) is 30.6 Å². The summed E-state index contributed by atoms with van der Waals surface area (Å²) in [5.41, 5.74) is 0.115. The molecule has 1 saturated carbocycles. The van der Waals surface area contributed by atoms with Crippen molar-refractivity contribution in [1.29, 1.82) is 0 Å². The molecule has 0 aromatic rings. The number of aliphatic carboxylic acids is 1. The molecule has 0 unspecified atom stereocenters. The van der Waals surface area contributed by atoms with Gasteiger partial charge in [-0.1, -0.05) is 26.7 Å². The quantitative estimate of drug-likeness (QED) is 0.732. The van der Waals surface area contributed by atoms with Gasteiger partial charge in [-0.15, -0.1) is 0 Å². The van der Waals surface area contributed by atoms with Crippen LogP contribution in [0.3, 0.4) is 0 Å². The average molecular weight is 184 g/mol. The molecule has 13 heavy (non-hydrogen) atoms. The van der Waals surface area contributed by atoms with Crippen LogP contribution in [0.4, 0.5) is 0 Å². The fourth-order valence-corrected chi connectivity index (χ4v) is 2.70. The Morgan fingerprint density at radius 2 is 2.31 bits per heavy atom. The number of hydrogen-bond donors (Lipinski definition) is 1. The van der Waals surface area contributed by atoms with E-state index in [4.69, 9.17) is 5.11 Å². The molecular weight excluding hydrogens is 164 g/mol. The van der Waals surface area contributed by atoms with E-state index in [9.17, 15) is 4.79 Å². The summed E-state index contributed by atoms with van der Waals surface area (Å²) in [6.07, 6.45) is 6.09. The maximum atomic E-state index is 10.7. The number of hydrogen-bond acceptors (Lipinski definition) is 1. The van der Waals surface area contributed by atoms with Crippen LogP contribution >= 0.6 is 0 Å². The highest BCUT2D eigenvalue weighted by Crippen LogP contribution is 2.44. The Hall–Kier alpha value is -0.530. The van der Waals surface area contributed by atoms with Crippen molar-refractivity contribution in [3.63, 3.8) is 0 Å². The Morgan fingerprint density at radius 1 is 1.62 bits per heavy atom. The van der Waals surface area contributed by atoms with Crippen molar-refractivity contribution in [1.82, 2.24) is 0 Å². The van der Waals surface area contributed by atoms with Crippen molar-refractivity contribution in [2.75, 3.05) is 0 Å². The summed E-state index contributed by atoms with van der Waals surface area (Å²) in [7, 11) is 0. The second-order valence-electron chi connectivity index (χ2n) is 4.63. The summed E-state index contributed by atoms with van der Waals surface area (Å²) in [6.45, 7) is 4.37. The van der Waals surface area contributed by atoms with E-state index in [0.29, 0.717) is 12.3 Å². The smallest absolute Gasteiger partial charge is 0.303 e. The molecule has 0 aromatic heterocycles. The Morgan fingerprint density at radius 3 is 2.77 bits per heavy atom. The molecular formula is C11H20O2. The zero-order valence-electron chi connectivity index (χ0n) is 8.68. The fraction of sp³-hybridized carbons (Fsp3) is 0.909. The number of carboxylic acids is 1. The Balaban J connectivity index is 2.61. The molecule has 76 valence electrons. The second-order valence-corrected chi connectivity index (χ2v) is 4.63. The van der Waals surface area contributed by atoms with Gasteiger partial charge in [0.25, 0.3) is 0 Å². The molecule has 2 heteroatoms. The molecule has 1 rings (SSSR count). The Bertz CT molecular complexity index is 189. The van der Waals surface area contributed by atoms with Crippen LogP contribution in [0.1, 0.15) is 52.4 Å². The van der Waals surface area contributed by atoms with Gasteiger partial charge in [0.1, 0.15) is 0 Å². The van der Waals surface area contributed by atoms with E-state index in [-0.39, 0.29) is 5.41 Å². The second kappa shape index (κ2) is 4.12. The van der Waals surface area contributed by atoms with E-state index in [1.165, 1.54) is 12.8 Å². The van der Waals surface area contributed by atoms with Crippen LogP contribution in [0, 0.1) is 11.3 Å². The molecule has 2 atom stereocenters. The summed E-state index contributed by atoms with van der Waals surface area (Å²) >= 11 is 0. The first-order valence-corrected chi connectivity index (χ1v) is 5.30. The zero-order valence-corrected chi connectivity index (χ0v) is 8.68. The van der Waals surface area contributed by atoms with E-state index in [2.05, 4.69) is 13.8 Å². The van der Waals surface area contributed by atoms with Gasteiger partial charge in [-0.2, -0.15) is 0 Å². The van der Waals surface area contributed by atoms with E-state index >= 15 is 0 Å². The molecule has 2 nitrogen and oxygen atoms in total. The molecule has 0 aliphatic heterocycles. The Labute approximate surface area is 80.3 Å². The van der Waals surface area contributed by atoms with Gasteiger partial charge in [-0.25, -0.2) is 0 Å². The molecule has 0 bridgehead atoms. The summed E-state index contributed by atoms with van der Waals surface area (Å²) in [4.78, 5) is 10.7. The number of carbonyl (C=O) groups is 1. The highest BCUT2D eigenvalue weighted by Gasteiger charge is 2.35. The largest absolute Gasteiger partial charge is 0.481 e.